The average Bonchev–Trinajstić information content (AvgIpc) is 2.06. The molecule has 0 aromatic rings. The third kappa shape index (κ3) is 3.69. The molecule has 0 aromatic heterocycles. The van der Waals surface area contributed by atoms with Crippen molar-refractivity contribution >= 4 is 0 Å². The second-order valence-electron chi connectivity index (χ2n) is 4.76. The molecular formula is C11H17F3N2. The zero-order valence-corrected chi connectivity index (χ0v) is 9.64. The topological polar surface area (TPSA) is 6.48 Å². The van der Waals surface area contributed by atoms with Gasteiger partial charge >= 0.3 is 6.18 Å². The van der Waals surface area contributed by atoms with Gasteiger partial charge < -0.3 is 0 Å². The number of hydrogen-bond acceptors (Lipinski definition) is 2. The quantitative estimate of drug-likeness (QED) is 0.669. The van der Waals surface area contributed by atoms with Gasteiger partial charge in [0.1, 0.15) is 0 Å². The van der Waals surface area contributed by atoms with Crippen molar-refractivity contribution in [2.75, 3.05) is 32.7 Å². The zero-order valence-electron chi connectivity index (χ0n) is 9.64. The SMILES string of the molecule is C#CCN1CCN(CC(F)(F)F)CC1(C)C. The number of hydrogen-bond donors (Lipinski definition) is 0. The molecule has 0 spiro atoms. The monoisotopic (exact) mass is 234 g/mol. The van der Waals surface area contributed by atoms with Crippen LogP contribution in [0.5, 0.6) is 0 Å². The normalized spacial score (nSPS) is 23.0. The van der Waals surface area contributed by atoms with Gasteiger partial charge in [0.2, 0.25) is 0 Å². The highest BCUT2D eigenvalue weighted by Crippen LogP contribution is 2.24. The lowest BCUT2D eigenvalue weighted by atomic mass is 9.99. The summed E-state index contributed by atoms with van der Waals surface area (Å²) in [5.41, 5.74) is -0.296. The van der Waals surface area contributed by atoms with E-state index in [1.807, 2.05) is 18.7 Å². The molecule has 1 aliphatic rings. The molecule has 1 fully saturated rings. The van der Waals surface area contributed by atoms with Gasteiger partial charge in [-0.2, -0.15) is 13.2 Å². The predicted molar refractivity (Wildman–Crippen MR) is 57.0 cm³/mol. The summed E-state index contributed by atoms with van der Waals surface area (Å²) in [4.78, 5) is 3.48. The molecule has 1 heterocycles. The van der Waals surface area contributed by atoms with Gasteiger partial charge in [0, 0.05) is 25.2 Å². The Labute approximate surface area is 94.4 Å². The van der Waals surface area contributed by atoms with Gasteiger partial charge in [0.05, 0.1) is 13.1 Å². The van der Waals surface area contributed by atoms with E-state index in [-0.39, 0.29) is 5.54 Å². The van der Waals surface area contributed by atoms with E-state index in [0.717, 1.165) is 0 Å². The first-order chi connectivity index (χ1) is 7.24. The number of nitrogens with zero attached hydrogens (tertiary/aromatic N) is 2. The Kier molecular flexibility index (Phi) is 3.87. The Hall–Kier alpha value is -0.730. The average molecular weight is 234 g/mol. The number of piperazine rings is 1. The molecule has 1 rings (SSSR count). The van der Waals surface area contributed by atoms with Crippen LogP contribution in [0.2, 0.25) is 0 Å². The fourth-order valence-corrected chi connectivity index (χ4v) is 2.08. The highest BCUT2D eigenvalue weighted by molar-refractivity contribution is 4.97. The standard InChI is InChI=1S/C11H17F3N2/c1-4-5-16-7-6-15(8-10(16,2)3)9-11(12,13)14/h1H,5-9H2,2-3H3. The van der Waals surface area contributed by atoms with Crippen LogP contribution in [0, 0.1) is 12.3 Å². The van der Waals surface area contributed by atoms with Crippen LogP contribution in [-0.2, 0) is 0 Å². The lowest BCUT2D eigenvalue weighted by Gasteiger charge is -2.46. The minimum Gasteiger partial charge on any atom is -0.292 e. The molecular weight excluding hydrogens is 217 g/mol. The van der Waals surface area contributed by atoms with Crippen LogP contribution in [0.4, 0.5) is 13.2 Å². The van der Waals surface area contributed by atoms with Crippen molar-refractivity contribution in [3.8, 4) is 12.3 Å². The van der Waals surface area contributed by atoms with E-state index in [1.54, 1.807) is 0 Å². The predicted octanol–water partition coefficient (Wildman–Crippen LogP) is 1.58. The minimum atomic E-state index is -4.12. The fourth-order valence-electron chi connectivity index (χ4n) is 2.08. The van der Waals surface area contributed by atoms with Gasteiger partial charge in [0.25, 0.3) is 0 Å². The lowest BCUT2D eigenvalue weighted by molar-refractivity contribution is -0.154. The van der Waals surface area contributed by atoms with Crippen molar-refractivity contribution in [1.82, 2.24) is 9.80 Å². The second-order valence-corrected chi connectivity index (χ2v) is 4.76. The van der Waals surface area contributed by atoms with Crippen LogP contribution < -0.4 is 0 Å². The van der Waals surface area contributed by atoms with E-state index in [4.69, 9.17) is 6.42 Å². The molecule has 5 heteroatoms. The molecule has 0 aromatic carbocycles. The molecule has 0 bridgehead atoms. The Bertz CT molecular complexity index is 278. The molecule has 0 radical (unpaired) electrons. The Balaban J connectivity index is 2.57. The number of rotatable bonds is 2. The fraction of sp³-hybridized carbons (Fsp3) is 0.818. The van der Waals surface area contributed by atoms with Gasteiger partial charge in [0.15, 0.2) is 0 Å². The minimum absolute atomic E-state index is 0.296. The molecule has 0 atom stereocenters. The highest BCUT2D eigenvalue weighted by Gasteiger charge is 2.38. The van der Waals surface area contributed by atoms with Crippen LogP contribution in [-0.4, -0.2) is 54.2 Å². The van der Waals surface area contributed by atoms with Gasteiger partial charge in [-0.05, 0) is 13.8 Å². The third-order valence-corrected chi connectivity index (χ3v) is 2.84. The maximum Gasteiger partial charge on any atom is 0.401 e. The maximum absolute atomic E-state index is 12.2. The van der Waals surface area contributed by atoms with Crippen molar-refractivity contribution in [2.45, 2.75) is 25.6 Å². The van der Waals surface area contributed by atoms with Crippen molar-refractivity contribution in [3.63, 3.8) is 0 Å². The summed E-state index contributed by atoms with van der Waals surface area (Å²) < 4.78 is 36.7. The molecule has 16 heavy (non-hydrogen) atoms. The largest absolute Gasteiger partial charge is 0.401 e. The van der Waals surface area contributed by atoms with Crippen molar-refractivity contribution in [1.29, 1.82) is 0 Å². The molecule has 1 aliphatic heterocycles. The molecule has 0 aliphatic carbocycles. The Morgan fingerprint density at radius 2 is 1.94 bits per heavy atom. The van der Waals surface area contributed by atoms with Gasteiger partial charge in [-0.3, -0.25) is 9.80 Å². The number of terminal acetylenes is 1. The second kappa shape index (κ2) is 4.64. The van der Waals surface area contributed by atoms with Crippen LogP contribution in [0.15, 0.2) is 0 Å². The van der Waals surface area contributed by atoms with E-state index in [9.17, 15) is 13.2 Å². The summed E-state index contributed by atoms with van der Waals surface area (Å²) in [6, 6.07) is 0. The lowest BCUT2D eigenvalue weighted by Crippen LogP contribution is -2.60. The molecule has 1 saturated heterocycles. The summed E-state index contributed by atoms with van der Waals surface area (Å²) in [7, 11) is 0. The van der Waals surface area contributed by atoms with Gasteiger partial charge in [-0.25, -0.2) is 0 Å². The smallest absolute Gasteiger partial charge is 0.292 e. The summed E-state index contributed by atoms with van der Waals surface area (Å²) in [5, 5.41) is 0. The van der Waals surface area contributed by atoms with Crippen LogP contribution in [0.3, 0.4) is 0 Å². The van der Waals surface area contributed by atoms with Gasteiger partial charge in [-0.15, -0.1) is 6.42 Å². The van der Waals surface area contributed by atoms with Crippen LogP contribution in [0.25, 0.3) is 0 Å². The van der Waals surface area contributed by atoms with E-state index in [0.29, 0.717) is 26.2 Å². The first-order valence-electron chi connectivity index (χ1n) is 5.22. The van der Waals surface area contributed by atoms with Crippen molar-refractivity contribution in [3.05, 3.63) is 0 Å². The van der Waals surface area contributed by atoms with Gasteiger partial charge in [-0.1, -0.05) is 5.92 Å². The third-order valence-electron chi connectivity index (χ3n) is 2.84. The summed E-state index contributed by atoms with van der Waals surface area (Å²) in [5.74, 6) is 2.54. The first kappa shape index (κ1) is 13.3. The number of halogens is 3. The molecule has 0 N–H and O–H groups in total. The Morgan fingerprint density at radius 3 is 2.38 bits per heavy atom. The van der Waals surface area contributed by atoms with Crippen LogP contribution >= 0.6 is 0 Å². The number of alkyl halides is 3. The van der Waals surface area contributed by atoms with Crippen LogP contribution in [0.1, 0.15) is 13.8 Å². The summed E-state index contributed by atoms with van der Waals surface area (Å²) in [6.07, 6.45) is 1.11. The molecule has 2 nitrogen and oxygen atoms in total. The van der Waals surface area contributed by atoms with Crippen molar-refractivity contribution < 1.29 is 13.2 Å². The first-order valence-corrected chi connectivity index (χ1v) is 5.22. The molecule has 92 valence electrons. The van der Waals surface area contributed by atoms with E-state index in [2.05, 4.69) is 5.92 Å². The molecule has 0 unspecified atom stereocenters. The molecule has 0 amide bonds. The maximum atomic E-state index is 12.2. The zero-order chi connectivity index (χ0) is 12.4. The highest BCUT2D eigenvalue weighted by atomic mass is 19.4. The summed E-state index contributed by atoms with van der Waals surface area (Å²) in [6.45, 7) is 4.92. The van der Waals surface area contributed by atoms with Crippen molar-refractivity contribution in [2.24, 2.45) is 0 Å². The van der Waals surface area contributed by atoms with E-state index in [1.165, 1.54) is 4.90 Å². The Morgan fingerprint density at radius 1 is 1.31 bits per heavy atom. The summed E-state index contributed by atoms with van der Waals surface area (Å²) >= 11 is 0. The van der Waals surface area contributed by atoms with E-state index >= 15 is 0 Å². The van der Waals surface area contributed by atoms with E-state index < -0.39 is 12.7 Å². The molecule has 0 saturated carbocycles.